The quantitative estimate of drug-likeness (QED) is 0.830. The zero-order valence-electron chi connectivity index (χ0n) is 10.6. The van der Waals surface area contributed by atoms with Gasteiger partial charge in [0.1, 0.15) is 6.61 Å². The van der Waals surface area contributed by atoms with Crippen molar-refractivity contribution in [3.63, 3.8) is 0 Å². The van der Waals surface area contributed by atoms with Gasteiger partial charge in [-0.2, -0.15) is 0 Å². The molecule has 5 nitrogen and oxygen atoms in total. The van der Waals surface area contributed by atoms with E-state index in [4.69, 9.17) is 4.74 Å². The molecule has 1 N–H and O–H groups in total. The van der Waals surface area contributed by atoms with Crippen molar-refractivity contribution >= 4 is 23.2 Å². The summed E-state index contributed by atoms with van der Waals surface area (Å²) in [7, 11) is 0. The average molecular weight is 280 g/mol. The number of likely N-dealkylation sites (tertiary alicyclic amines) is 1. The molecule has 0 radical (unpaired) electrons. The molecule has 0 bridgehead atoms. The molecule has 19 heavy (non-hydrogen) atoms. The Bertz CT molecular complexity index is 466. The molecule has 0 unspecified atom stereocenters. The SMILES string of the molecule is O=C1COC2(CCN(C(=O)c3cccs3)CC2)CN1. The minimum absolute atomic E-state index is 0.0530. The Morgan fingerprint density at radius 3 is 2.79 bits per heavy atom. The Balaban J connectivity index is 1.60. The van der Waals surface area contributed by atoms with Crippen LogP contribution >= 0.6 is 11.3 Å². The monoisotopic (exact) mass is 280 g/mol. The maximum Gasteiger partial charge on any atom is 0.263 e. The van der Waals surface area contributed by atoms with Gasteiger partial charge in [-0.15, -0.1) is 11.3 Å². The highest BCUT2D eigenvalue weighted by atomic mass is 32.1. The minimum atomic E-state index is -0.264. The van der Waals surface area contributed by atoms with Crippen LogP contribution in [0.25, 0.3) is 0 Å². The molecule has 3 rings (SSSR count). The van der Waals surface area contributed by atoms with Crippen molar-refractivity contribution in [1.29, 1.82) is 0 Å². The molecule has 2 aliphatic heterocycles. The summed E-state index contributed by atoms with van der Waals surface area (Å²) in [5.41, 5.74) is -0.264. The highest BCUT2D eigenvalue weighted by Crippen LogP contribution is 2.28. The molecule has 0 saturated carbocycles. The number of hydrogen-bond acceptors (Lipinski definition) is 4. The first-order valence-corrected chi connectivity index (χ1v) is 7.30. The number of piperidine rings is 1. The molecule has 0 aromatic carbocycles. The largest absolute Gasteiger partial charge is 0.363 e. The topological polar surface area (TPSA) is 58.6 Å². The molecule has 1 aromatic heterocycles. The van der Waals surface area contributed by atoms with Crippen LogP contribution < -0.4 is 5.32 Å². The van der Waals surface area contributed by atoms with Crippen LogP contribution in [0.4, 0.5) is 0 Å². The summed E-state index contributed by atoms with van der Waals surface area (Å²) >= 11 is 1.47. The number of nitrogens with one attached hydrogen (secondary N) is 1. The van der Waals surface area contributed by atoms with E-state index < -0.39 is 0 Å². The fraction of sp³-hybridized carbons (Fsp3) is 0.538. The van der Waals surface area contributed by atoms with Crippen LogP contribution in [0, 0.1) is 0 Å². The second kappa shape index (κ2) is 4.94. The van der Waals surface area contributed by atoms with Crippen molar-refractivity contribution in [2.45, 2.75) is 18.4 Å². The van der Waals surface area contributed by atoms with Gasteiger partial charge in [-0.3, -0.25) is 9.59 Å². The van der Waals surface area contributed by atoms with Crippen molar-refractivity contribution in [3.8, 4) is 0 Å². The summed E-state index contributed by atoms with van der Waals surface area (Å²) in [6.07, 6.45) is 1.56. The molecule has 0 atom stereocenters. The molecule has 2 fully saturated rings. The van der Waals surface area contributed by atoms with Gasteiger partial charge in [0.15, 0.2) is 0 Å². The van der Waals surface area contributed by atoms with Crippen molar-refractivity contribution < 1.29 is 14.3 Å². The maximum absolute atomic E-state index is 12.2. The molecule has 2 aliphatic rings. The first-order valence-electron chi connectivity index (χ1n) is 6.42. The third-order valence-corrected chi connectivity index (χ3v) is 4.67. The van der Waals surface area contributed by atoms with Crippen molar-refractivity contribution in [2.24, 2.45) is 0 Å². The Morgan fingerprint density at radius 1 is 1.42 bits per heavy atom. The van der Waals surface area contributed by atoms with Crippen molar-refractivity contribution in [1.82, 2.24) is 10.2 Å². The van der Waals surface area contributed by atoms with Crippen molar-refractivity contribution in [2.75, 3.05) is 26.2 Å². The fourth-order valence-electron chi connectivity index (χ4n) is 2.57. The van der Waals surface area contributed by atoms with Crippen LogP contribution in [0.2, 0.25) is 0 Å². The average Bonchev–Trinajstić information content (AvgIpc) is 2.97. The van der Waals surface area contributed by atoms with Crippen LogP contribution in [-0.4, -0.2) is 48.6 Å². The molecular weight excluding hydrogens is 264 g/mol. The number of carbonyl (C=O) groups excluding carboxylic acids is 2. The molecule has 1 spiro atoms. The van der Waals surface area contributed by atoms with E-state index in [1.165, 1.54) is 11.3 Å². The third kappa shape index (κ3) is 2.50. The number of morpholine rings is 1. The summed E-state index contributed by atoms with van der Waals surface area (Å²) in [5, 5.41) is 4.76. The third-order valence-electron chi connectivity index (χ3n) is 3.81. The Morgan fingerprint density at radius 2 is 2.21 bits per heavy atom. The van der Waals surface area contributed by atoms with E-state index in [9.17, 15) is 9.59 Å². The summed E-state index contributed by atoms with van der Waals surface area (Å²) in [4.78, 5) is 26.0. The van der Waals surface area contributed by atoms with Gasteiger partial charge in [0.2, 0.25) is 5.91 Å². The maximum atomic E-state index is 12.2. The zero-order valence-corrected chi connectivity index (χ0v) is 11.4. The molecule has 3 heterocycles. The Kier molecular flexibility index (Phi) is 3.28. The summed E-state index contributed by atoms with van der Waals surface area (Å²) in [5.74, 6) is 0.0485. The van der Waals surface area contributed by atoms with Gasteiger partial charge in [0, 0.05) is 19.6 Å². The minimum Gasteiger partial charge on any atom is -0.363 e. The Hall–Kier alpha value is -1.40. The number of thiophene rings is 1. The van der Waals surface area contributed by atoms with E-state index in [1.54, 1.807) is 0 Å². The van der Waals surface area contributed by atoms with E-state index in [0.717, 1.165) is 17.7 Å². The van der Waals surface area contributed by atoms with E-state index in [2.05, 4.69) is 5.32 Å². The lowest BCUT2D eigenvalue weighted by molar-refractivity contribution is -0.149. The van der Waals surface area contributed by atoms with E-state index in [1.807, 2.05) is 22.4 Å². The van der Waals surface area contributed by atoms with Gasteiger partial charge < -0.3 is 15.0 Å². The molecule has 102 valence electrons. The van der Waals surface area contributed by atoms with Crippen LogP contribution in [0.5, 0.6) is 0 Å². The highest BCUT2D eigenvalue weighted by molar-refractivity contribution is 7.12. The predicted octanol–water partition coefficient (Wildman–Crippen LogP) is 0.869. The number of carbonyl (C=O) groups is 2. The van der Waals surface area contributed by atoms with Gasteiger partial charge in [-0.1, -0.05) is 6.07 Å². The molecule has 6 heteroatoms. The van der Waals surface area contributed by atoms with Crippen LogP contribution in [0.1, 0.15) is 22.5 Å². The van der Waals surface area contributed by atoms with Crippen LogP contribution in [0.15, 0.2) is 17.5 Å². The molecule has 2 saturated heterocycles. The summed E-state index contributed by atoms with van der Waals surface area (Å²) < 4.78 is 5.69. The molecular formula is C13H16N2O3S. The molecule has 1 aromatic rings. The highest BCUT2D eigenvalue weighted by Gasteiger charge is 2.40. The first kappa shape index (κ1) is 12.6. The van der Waals surface area contributed by atoms with Gasteiger partial charge in [0.25, 0.3) is 5.91 Å². The molecule has 2 amide bonds. The zero-order chi connectivity index (χ0) is 13.3. The standard InChI is InChI=1S/C13H16N2O3S/c16-11-8-18-13(9-14-11)3-5-15(6-4-13)12(17)10-2-1-7-19-10/h1-2,7H,3-6,8-9H2,(H,14,16). The number of ether oxygens (including phenoxy) is 1. The number of rotatable bonds is 1. The number of nitrogens with zero attached hydrogens (tertiary/aromatic N) is 1. The van der Waals surface area contributed by atoms with Crippen LogP contribution in [0.3, 0.4) is 0 Å². The second-order valence-electron chi connectivity index (χ2n) is 5.02. The molecule has 0 aliphatic carbocycles. The summed E-state index contributed by atoms with van der Waals surface area (Å²) in [6.45, 7) is 2.07. The van der Waals surface area contributed by atoms with E-state index in [0.29, 0.717) is 19.6 Å². The number of hydrogen-bond donors (Lipinski definition) is 1. The van der Waals surface area contributed by atoms with Gasteiger partial charge >= 0.3 is 0 Å². The van der Waals surface area contributed by atoms with E-state index in [-0.39, 0.29) is 24.0 Å². The van der Waals surface area contributed by atoms with Gasteiger partial charge in [-0.25, -0.2) is 0 Å². The second-order valence-corrected chi connectivity index (χ2v) is 5.97. The van der Waals surface area contributed by atoms with E-state index >= 15 is 0 Å². The Labute approximate surface area is 115 Å². The predicted molar refractivity (Wildman–Crippen MR) is 71.1 cm³/mol. The smallest absolute Gasteiger partial charge is 0.263 e. The lowest BCUT2D eigenvalue weighted by atomic mass is 9.90. The fourth-order valence-corrected chi connectivity index (χ4v) is 3.27. The lowest BCUT2D eigenvalue weighted by Crippen LogP contribution is -2.57. The van der Waals surface area contributed by atoms with Crippen molar-refractivity contribution in [3.05, 3.63) is 22.4 Å². The van der Waals surface area contributed by atoms with Gasteiger partial charge in [0.05, 0.1) is 10.5 Å². The van der Waals surface area contributed by atoms with Crippen LogP contribution in [-0.2, 0) is 9.53 Å². The lowest BCUT2D eigenvalue weighted by Gasteiger charge is -2.43. The number of amides is 2. The van der Waals surface area contributed by atoms with Gasteiger partial charge in [-0.05, 0) is 24.3 Å². The first-order chi connectivity index (χ1) is 9.19. The summed E-state index contributed by atoms with van der Waals surface area (Å²) in [6, 6.07) is 3.75. The normalized spacial score (nSPS) is 22.3.